The number of esters is 1. The van der Waals surface area contributed by atoms with Crippen molar-refractivity contribution in [2.24, 2.45) is 0 Å². The highest BCUT2D eigenvalue weighted by molar-refractivity contribution is 7.17. The average Bonchev–Trinajstić information content (AvgIpc) is 3.21. The fourth-order valence-corrected chi connectivity index (χ4v) is 4.35. The number of nitrogens with zero attached hydrogens (tertiary/aromatic N) is 4. The molecule has 0 saturated carbocycles. The van der Waals surface area contributed by atoms with Crippen molar-refractivity contribution in [3.63, 3.8) is 0 Å². The van der Waals surface area contributed by atoms with Gasteiger partial charge in [-0.05, 0) is 29.8 Å². The number of carbonyl (C=O) groups excluding carboxylic acids is 3. The number of halogens is 1. The molecular weight excluding hydrogens is 454 g/mol. The van der Waals surface area contributed by atoms with E-state index in [9.17, 15) is 14.4 Å². The van der Waals surface area contributed by atoms with Gasteiger partial charge in [0.05, 0.1) is 22.8 Å². The molecule has 2 amide bonds. The van der Waals surface area contributed by atoms with Gasteiger partial charge in [0.2, 0.25) is 11.8 Å². The van der Waals surface area contributed by atoms with Crippen molar-refractivity contribution in [1.29, 1.82) is 0 Å². The number of thiophene rings is 1. The number of piperazine rings is 1. The number of nitrogens with two attached hydrogens (primary N) is 1. The van der Waals surface area contributed by atoms with Crippen molar-refractivity contribution in [3.8, 4) is 0 Å². The molecule has 32 heavy (non-hydrogen) atoms. The lowest BCUT2D eigenvalue weighted by atomic mass is 10.1. The maximum atomic E-state index is 12.6. The second-order valence-electron chi connectivity index (χ2n) is 7.23. The summed E-state index contributed by atoms with van der Waals surface area (Å²) < 4.78 is 5.62. The van der Waals surface area contributed by atoms with Gasteiger partial charge in [0, 0.05) is 25.0 Å². The fourth-order valence-electron chi connectivity index (χ4n) is 3.42. The van der Waals surface area contributed by atoms with Crippen molar-refractivity contribution in [2.45, 2.75) is 13.0 Å². The van der Waals surface area contributed by atoms with E-state index < -0.39 is 5.97 Å². The van der Waals surface area contributed by atoms with Crippen molar-refractivity contribution in [1.82, 2.24) is 19.8 Å². The predicted molar refractivity (Wildman–Crippen MR) is 120 cm³/mol. The lowest BCUT2D eigenvalue weighted by Gasteiger charge is -2.34. The number of carbonyl (C=O) groups is 3. The molecule has 1 aliphatic rings. The monoisotopic (exact) mass is 473 g/mol. The zero-order valence-electron chi connectivity index (χ0n) is 17.0. The normalized spacial score (nSPS) is 14.1. The van der Waals surface area contributed by atoms with Crippen LogP contribution in [0, 0.1) is 0 Å². The number of rotatable bonds is 6. The molecular formula is C21H20ClN5O4S. The summed E-state index contributed by atoms with van der Waals surface area (Å²) in [5.41, 5.74) is 7.49. The van der Waals surface area contributed by atoms with Gasteiger partial charge in [-0.25, -0.2) is 14.8 Å². The van der Waals surface area contributed by atoms with E-state index in [0.29, 0.717) is 34.7 Å². The summed E-state index contributed by atoms with van der Waals surface area (Å²) >= 11 is 6.92. The average molecular weight is 474 g/mol. The summed E-state index contributed by atoms with van der Waals surface area (Å²) in [5.74, 6) is -0.474. The lowest BCUT2D eigenvalue weighted by molar-refractivity contribution is -0.146. The molecule has 11 heteroatoms. The van der Waals surface area contributed by atoms with Crippen LogP contribution in [0.5, 0.6) is 0 Å². The highest BCUT2D eigenvalue weighted by Gasteiger charge is 2.27. The maximum Gasteiger partial charge on any atom is 0.348 e. The molecule has 0 spiro atoms. The number of amides is 2. The Bertz CT molecular complexity index is 1180. The van der Waals surface area contributed by atoms with Crippen molar-refractivity contribution in [2.75, 3.05) is 32.0 Å². The smallest absolute Gasteiger partial charge is 0.348 e. The quantitative estimate of drug-likeness (QED) is 0.546. The molecule has 1 aromatic carbocycles. The summed E-state index contributed by atoms with van der Waals surface area (Å²) in [4.78, 5) is 48.7. The van der Waals surface area contributed by atoms with Gasteiger partial charge in [-0.3, -0.25) is 9.59 Å². The second kappa shape index (κ2) is 9.49. The van der Waals surface area contributed by atoms with E-state index in [-0.39, 0.29) is 31.4 Å². The molecule has 0 bridgehead atoms. The Morgan fingerprint density at radius 2 is 2.03 bits per heavy atom. The van der Waals surface area contributed by atoms with Crippen LogP contribution in [-0.4, -0.2) is 63.8 Å². The van der Waals surface area contributed by atoms with Gasteiger partial charge < -0.3 is 20.3 Å². The topological polar surface area (TPSA) is 119 Å². The molecule has 9 nitrogen and oxygen atoms in total. The maximum absolute atomic E-state index is 12.6. The minimum absolute atomic E-state index is 0.00396. The van der Waals surface area contributed by atoms with Crippen LogP contribution in [0.3, 0.4) is 0 Å². The van der Waals surface area contributed by atoms with E-state index in [4.69, 9.17) is 22.1 Å². The van der Waals surface area contributed by atoms with Crippen LogP contribution in [0.1, 0.15) is 21.7 Å². The third-order valence-corrected chi connectivity index (χ3v) is 6.31. The molecule has 1 fully saturated rings. The highest BCUT2D eigenvalue weighted by Crippen LogP contribution is 2.22. The molecule has 4 rings (SSSR count). The third-order valence-electron chi connectivity index (χ3n) is 5.10. The van der Waals surface area contributed by atoms with Crippen LogP contribution >= 0.6 is 22.9 Å². The molecule has 0 aliphatic carbocycles. The lowest BCUT2D eigenvalue weighted by Crippen LogP contribution is -2.51. The largest absolute Gasteiger partial charge is 0.461 e. The first kappa shape index (κ1) is 22.0. The summed E-state index contributed by atoms with van der Waals surface area (Å²) in [6.07, 6.45) is 1.42. The van der Waals surface area contributed by atoms with Crippen molar-refractivity contribution < 1.29 is 19.1 Å². The Morgan fingerprint density at radius 3 is 2.78 bits per heavy atom. The Labute approximate surface area is 192 Å². The molecule has 1 saturated heterocycles. The zero-order valence-corrected chi connectivity index (χ0v) is 18.6. The molecule has 2 N–H and O–H groups in total. The van der Waals surface area contributed by atoms with Crippen LogP contribution < -0.4 is 5.73 Å². The number of hydrogen-bond acceptors (Lipinski definition) is 8. The first-order chi connectivity index (χ1) is 15.4. The molecule has 0 atom stereocenters. The summed E-state index contributed by atoms with van der Waals surface area (Å²) in [5, 5.41) is 0.765. The van der Waals surface area contributed by atoms with Gasteiger partial charge in [-0.15, -0.1) is 11.3 Å². The van der Waals surface area contributed by atoms with E-state index in [2.05, 4.69) is 9.97 Å². The number of fused-ring (bicyclic) bond motifs is 1. The van der Waals surface area contributed by atoms with E-state index in [1.807, 2.05) is 18.2 Å². The summed E-state index contributed by atoms with van der Waals surface area (Å²) in [6.45, 7) is 1.20. The number of benzene rings is 1. The molecule has 3 aromatic rings. The minimum atomic E-state index is -0.516. The van der Waals surface area contributed by atoms with E-state index in [0.717, 1.165) is 27.8 Å². The Hall–Kier alpha value is -3.24. The SMILES string of the molecule is Nc1ncnc2cc(CN3CCN(C(=O)CCOC(=O)c4ccc(Cl)s4)CC3=O)ccc12. The number of aromatic nitrogens is 2. The molecule has 2 aromatic heterocycles. The first-order valence-electron chi connectivity index (χ1n) is 9.88. The molecule has 1 aliphatic heterocycles. The van der Waals surface area contributed by atoms with Crippen molar-refractivity contribution >= 4 is 57.4 Å². The Balaban J connectivity index is 1.27. The zero-order chi connectivity index (χ0) is 22.7. The highest BCUT2D eigenvalue weighted by atomic mass is 35.5. The van der Waals surface area contributed by atoms with Gasteiger partial charge in [0.15, 0.2) is 0 Å². The summed E-state index contributed by atoms with van der Waals surface area (Å²) in [7, 11) is 0. The summed E-state index contributed by atoms with van der Waals surface area (Å²) in [6, 6.07) is 8.80. The number of nitrogen functional groups attached to an aromatic ring is 1. The molecule has 3 heterocycles. The Morgan fingerprint density at radius 1 is 1.19 bits per heavy atom. The van der Waals surface area contributed by atoms with E-state index in [1.165, 1.54) is 11.2 Å². The van der Waals surface area contributed by atoms with Gasteiger partial charge in [-0.2, -0.15) is 0 Å². The fraction of sp³-hybridized carbons (Fsp3) is 0.286. The number of hydrogen-bond donors (Lipinski definition) is 1. The minimum Gasteiger partial charge on any atom is -0.461 e. The third kappa shape index (κ3) is 4.97. The molecule has 0 radical (unpaired) electrons. The van der Waals surface area contributed by atoms with Gasteiger partial charge in [-0.1, -0.05) is 17.7 Å². The van der Waals surface area contributed by atoms with Crippen LogP contribution in [-0.2, 0) is 20.9 Å². The van der Waals surface area contributed by atoms with Crippen molar-refractivity contribution in [3.05, 3.63) is 51.4 Å². The van der Waals surface area contributed by atoms with Crippen LogP contribution in [0.2, 0.25) is 4.34 Å². The standard InChI is InChI=1S/C21H20ClN5O4S/c22-17-4-3-16(32-17)21(30)31-8-5-18(28)27-7-6-26(19(29)11-27)10-13-1-2-14-15(9-13)24-12-25-20(14)23/h1-4,9,12H,5-8,10-11H2,(H2,23,24,25). The Kier molecular flexibility index (Phi) is 6.52. The van der Waals surface area contributed by atoms with Gasteiger partial charge in [0.25, 0.3) is 0 Å². The van der Waals surface area contributed by atoms with Gasteiger partial charge >= 0.3 is 5.97 Å². The van der Waals surface area contributed by atoms with Crippen LogP contribution in [0.25, 0.3) is 10.9 Å². The predicted octanol–water partition coefficient (Wildman–Crippen LogP) is 2.34. The number of ether oxygens (including phenoxy) is 1. The molecule has 0 unspecified atom stereocenters. The second-order valence-corrected chi connectivity index (χ2v) is 8.95. The van der Waals surface area contributed by atoms with E-state index >= 15 is 0 Å². The number of anilines is 1. The van der Waals surface area contributed by atoms with Crippen LogP contribution in [0.4, 0.5) is 5.82 Å². The van der Waals surface area contributed by atoms with Gasteiger partial charge in [0.1, 0.15) is 23.6 Å². The first-order valence-corrected chi connectivity index (χ1v) is 11.1. The molecule has 166 valence electrons. The van der Waals surface area contributed by atoms with Crippen LogP contribution in [0.15, 0.2) is 36.7 Å². The van der Waals surface area contributed by atoms with E-state index in [1.54, 1.807) is 17.0 Å².